The smallest absolute Gasteiger partial charge is 0.330 e. The number of rotatable bonds is 5. The normalized spacial score (nSPS) is 10.6. The van der Waals surface area contributed by atoms with Crippen molar-refractivity contribution < 1.29 is 4.74 Å². The highest BCUT2D eigenvalue weighted by atomic mass is 16.5. The van der Waals surface area contributed by atoms with E-state index in [-0.39, 0.29) is 11.2 Å². The van der Waals surface area contributed by atoms with E-state index in [0.717, 1.165) is 15.8 Å². The summed E-state index contributed by atoms with van der Waals surface area (Å²) < 4.78 is 7.64. The molecule has 1 N–H and O–H groups in total. The second-order valence-electron chi connectivity index (χ2n) is 4.86. The molecule has 1 aromatic carbocycles. The summed E-state index contributed by atoms with van der Waals surface area (Å²) in [7, 11) is 4.77. The van der Waals surface area contributed by atoms with E-state index in [0.29, 0.717) is 18.8 Å². The highest BCUT2D eigenvalue weighted by molar-refractivity contribution is 5.45. The Bertz CT molecular complexity index is 747. The van der Waals surface area contributed by atoms with Crippen LogP contribution < -0.4 is 16.6 Å². The van der Waals surface area contributed by atoms with Gasteiger partial charge in [0.15, 0.2) is 0 Å². The third-order valence-electron chi connectivity index (χ3n) is 3.34. The van der Waals surface area contributed by atoms with Gasteiger partial charge < -0.3 is 10.1 Å². The molecule has 0 saturated carbocycles. The molecule has 112 valence electrons. The third kappa shape index (κ3) is 3.41. The van der Waals surface area contributed by atoms with Crippen LogP contribution in [0.15, 0.2) is 39.9 Å². The minimum Gasteiger partial charge on any atom is -0.380 e. The summed E-state index contributed by atoms with van der Waals surface area (Å²) in [5.41, 5.74) is 1.98. The van der Waals surface area contributed by atoms with Crippen LogP contribution in [0.1, 0.15) is 11.3 Å². The molecule has 0 saturated heterocycles. The fourth-order valence-corrected chi connectivity index (χ4v) is 2.08. The maximum Gasteiger partial charge on any atom is 0.330 e. The Labute approximate surface area is 122 Å². The first-order chi connectivity index (χ1) is 10.0. The van der Waals surface area contributed by atoms with Crippen molar-refractivity contribution >= 4 is 5.69 Å². The van der Waals surface area contributed by atoms with Crippen molar-refractivity contribution in [2.24, 2.45) is 14.1 Å². The van der Waals surface area contributed by atoms with Crippen LogP contribution in [0.5, 0.6) is 0 Å². The number of aromatic nitrogens is 2. The van der Waals surface area contributed by atoms with Gasteiger partial charge >= 0.3 is 5.69 Å². The van der Waals surface area contributed by atoms with E-state index in [1.54, 1.807) is 14.2 Å². The highest BCUT2D eigenvalue weighted by Crippen LogP contribution is 2.12. The molecule has 21 heavy (non-hydrogen) atoms. The van der Waals surface area contributed by atoms with Gasteiger partial charge in [-0.15, -0.1) is 0 Å². The molecule has 0 amide bonds. The molecule has 1 heterocycles. The van der Waals surface area contributed by atoms with E-state index in [9.17, 15) is 9.59 Å². The van der Waals surface area contributed by atoms with Crippen LogP contribution in [0, 0.1) is 0 Å². The number of hydrogen-bond donors (Lipinski definition) is 1. The second-order valence-corrected chi connectivity index (χ2v) is 4.86. The van der Waals surface area contributed by atoms with Gasteiger partial charge in [-0.05, 0) is 17.7 Å². The maximum absolute atomic E-state index is 11.8. The van der Waals surface area contributed by atoms with Crippen molar-refractivity contribution in [2.45, 2.75) is 13.2 Å². The zero-order chi connectivity index (χ0) is 15.4. The van der Waals surface area contributed by atoms with Crippen LogP contribution in [0.2, 0.25) is 0 Å². The van der Waals surface area contributed by atoms with Gasteiger partial charge in [0, 0.05) is 38.7 Å². The third-order valence-corrected chi connectivity index (χ3v) is 3.34. The van der Waals surface area contributed by atoms with Crippen molar-refractivity contribution in [3.63, 3.8) is 0 Å². The quantitative estimate of drug-likeness (QED) is 0.886. The molecule has 0 bridgehead atoms. The average Bonchev–Trinajstić information content (AvgIpc) is 2.48. The predicted octanol–water partition coefficient (Wildman–Crippen LogP) is 0.842. The first-order valence-corrected chi connectivity index (χ1v) is 6.60. The topological polar surface area (TPSA) is 65.3 Å². The van der Waals surface area contributed by atoms with Crippen molar-refractivity contribution in [3.8, 4) is 0 Å². The summed E-state index contributed by atoms with van der Waals surface area (Å²) in [6.07, 6.45) is 0. The van der Waals surface area contributed by atoms with Crippen LogP contribution in [0.4, 0.5) is 5.69 Å². The Morgan fingerprint density at radius 2 is 1.90 bits per heavy atom. The zero-order valence-electron chi connectivity index (χ0n) is 12.4. The molecule has 1 aromatic heterocycles. The molecule has 0 spiro atoms. The van der Waals surface area contributed by atoms with E-state index in [1.807, 2.05) is 24.3 Å². The number of benzene rings is 1. The molecule has 2 rings (SSSR count). The van der Waals surface area contributed by atoms with Gasteiger partial charge in [-0.25, -0.2) is 4.79 Å². The Morgan fingerprint density at radius 3 is 2.62 bits per heavy atom. The molecule has 6 heteroatoms. The summed E-state index contributed by atoms with van der Waals surface area (Å²) in [4.78, 5) is 23.5. The van der Waals surface area contributed by atoms with Crippen molar-refractivity contribution in [3.05, 3.63) is 62.4 Å². The first-order valence-electron chi connectivity index (χ1n) is 6.60. The Morgan fingerprint density at radius 1 is 1.14 bits per heavy atom. The molecular formula is C15H19N3O3. The van der Waals surface area contributed by atoms with Gasteiger partial charge in [-0.3, -0.25) is 13.9 Å². The van der Waals surface area contributed by atoms with E-state index in [4.69, 9.17) is 4.74 Å². The molecule has 2 aromatic rings. The zero-order valence-corrected chi connectivity index (χ0v) is 12.4. The highest BCUT2D eigenvalue weighted by Gasteiger charge is 2.05. The van der Waals surface area contributed by atoms with Crippen molar-refractivity contribution in [1.29, 1.82) is 0 Å². The lowest BCUT2D eigenvalue weighted by atomic mass is 10.2. The summed E-state index contributed by atoms with van der Waals surface area (Å²) in [6, 6.07) is 9.27. The monoisotopic (exact) mass is 289 g/mol. The van der Waals surface area contributed by atoms with Crippen LogP contribution in [-0.4, -0.2) is 16.2 Å². The number of nitrogens with zero attached hydrogens (tertiary/aromatic N) is 2. The van der Waals surface area contributed by atoms with Crippen molar-refractivity contribution in [2.75, 3.05) is 12.4 Å². The molecule has 0 atom stereocenters. The number of methoxy groups -OCH3 is 1. The lowest BCUT2D eigenvalue weighted by Gasteiger charge is -2.12. The molecule has 0 fully saturated rings. The number of anilines is 1. The molecular weight excluding hydrogens is 270 g/mol. The molecule has 0 unspecified atom stereocenters. The molecule has 6 nitrogen and oxygen atoms in total. The lowest BCUT2D eigenvalue weighted by molar-refractivity contribution is 0.185. The van der Waals surface area contributed by atoms with E-state index < -0.39 is 0 Å². The maximum atomic E-state index is 11.8. The van der Waals surface area contributed by atoms with Gasteiger partial charge in [0.05, 0.1) is 13.2 Å². The second kappa shape index (κ2) is 6.41. The van der Waals surface area contributed by atoms with Crippen LogP contribution >= 0.6 is 0 Å². The SMILES string of the molecule is COCc1cccc(NCc2cc(=O)n(C)c(=O)n2C)c1. The number of ether oxygens (including phenoxy) is 1. The Hall–Kier alpha value is -2.34. The van der Waals surface area contributed by atoms with Gasteiger partial charge in [-0.1, -0.05) is 12.1 Å². The van der Waals surface area contributed by atoms with Gasteiger partial charge in [0.25, 0.3) is 5.56 Å². The van der Waals surface area contributed by atoms with Crippen LogP contribution in [-0.2, 0) is 32.0 Å². The van der Waals surface area contributed by atoms with Gasteiger partial charge in [-0.2, -0.15) is 0 Å². The predicted molar refractivity (Wildman–Crippen MR) is 81.4 cm³/mol. The van der Waals surface area contributed by atoms with Gasteiger partial charge in [0.1, 0.15) is 0 Å². The summed E-state index contributed by atoms with van der Waals surface area (Å²) in [5.74, 6) is 0. The standard InChI is InChI=1S/C15H19N3O3/c1-17-13(8-14(19)18(2)15(17)20)9-16-12-6-4-5-11(7-12)10-21-3/h4-8,16H,9-10H2,1-3H3. The minimum absolute atomic E-state index is 0.303. The van der Waals surface area contributed by atoms with Crippen LogP contribution in [0.25, 0.3) is 0 Å². The first kappa shape index (κ1) is 15.1. The van der Waals surface area contributed by atoms with E-state index in [2.05, 4.69) is 5.32 Å². The lowest BCUT2D eigenvalue weighted by Crippen LogP contribution is -2.38. The Kier molecular flexibility index (Phi) is 4.59. The largest absolute Gasteiger partial charge is 0.380 e. The summed E-state index contributed by atoms with van der Waals surface area (Å²) in [6.45, 7) is 0.943. The molecule has 0 radical (unpaired) electrons. The number of hydrogen-bond acceptors (Lipinski definition) is 4. The average molecular weight is 289 g/mol. The minimum atomic E-state index is -0.326. The van der Waals surface area contributed by atoms with E-state index in [1.165, 1.54) is 17.7 Å². The molecule has 0 aliphatic heterocycles. The van der Waals surface area contributed by atoms with Crippen molar-refractivity contribution in [1.82, 2.24) is 9.13 Å². The molecule has 0 aliphatic carbocycles. The fourth-order valence-electron chi connectivity index (χ4n) is 2.08. The summed E-state index contributed by atoms with van der Waals surface area (Å²) in [5, 5.41) is 3.21. The van der Waals surface area contributed by atoms with Gasteiger partial charge in [0.2, 0.25) is 0 Å². The van der Waals surface area contributed by atoms with Crippen LogP contribution in [0.3, 0.4) is 0 Å². The Balaban J connectivity index is 2.19. The summed E-state index contributed by atoms with van der Waals surface area (Å²) >= 11 is 0. The van der Waals surface area contributed by atoms with E-state index >= 15 is 0 Å². The number of nitrogens with one attached hydrogen (secondary N) is 1. The fraction of sp³-hybridized carbons (Fsp3) is 0.333. The molecule has 0 aliphatic rings.